The lowest BCUT2D eigenvalue weighted by Crippen LogP contribution is -2.05. The van der Waals surface area contributed by atoms with Gasteiger partial charge in [-0.1, -0.05) is 44.2 Å². The molecule has 78 valence electrons. The highest BCUT2D eigenvalue weighted by Crippen LogP contribution is 3.02. The van der Waals surface area contributed by atoms with E-state index in [1.165, 1.54) is 6.92 Å². The largest absolute Gasteiger partial charge is 0.309 e. The van der Waals surface area contributed by atoms with Crippen LogP contribution < -0.4 is 0 Å². The van der Waals surface area contributed by atoms with Gasteiger partial charge in [-0.3, -0.25) is 0 Å². The normalized spacial score (nSPS) is 18.0. The first-order valence-electron chi connectivity index (χ1n) is 3.09. The van der Waals surface area contributed by atoms with Crippen molar-refractivity contribution < 1.29 is 19.4 Å². The standard InChI is InChI=1S/C7H9F5S/c1-6(2)4-5-7(3)13(8,9,10,11)12/h4-5H,1,3H2,2H3/b5-4-. The minimum atomic E-state index is -9.54. The maximum absolute atomic E-state index is 11.9. The summed E-state index contributed by atoms with van der Waals surface area (Å²) in [6.07, 6.45) is 1.06. The summed E-state index contributed by atoms with van der Waals surface area (Å²) in [7, 11) is -9.54. The second-order valence-corrected chi connectivity index (χ2v) is 5.08. The molecule has 0 nitrogen and oxygen atoms in total. The quantitative estimate of drug-likeness (QED) is 0.467. The Kier molecular flexibility index (Phi) is 2.23. The van der Waals surface area contributed by atoms with Crippen molar-refractivity contribution in [2.24, 2.45) is 0 Å². The number of hydrogen-bond donors (Lipinski definition) is 0. The third-order valence-electron chi connectivity index (χ3n) is 1.05. The molecular weight excluding hydrogens is 211 g/mol. The maximum Gasteiger partial charge on any atom is 0.309 e. The fourth-order valence-electron chi connectivity index (χ4n) is 0.364. The van der Waals surface area contributed by atoms with E-state index in [1.807, 2.05) is 0 Å². The van der Waals surface area contributed by atoms with Gasteiger partial charge < -0.3 is 0 Å². The zero-order valence-corrected chi connectivity index (χ0v) is 7.68. The Balaban J connectivity index is 4.97. The molecule has 0 radical (unpaired) electrons. The fourth-order valence-corrected chi connectivity index (χ4v) is 0.689. The summed E-state index contributed by atoms with van der Waals surface area (Å²) in [6, 6.07) is 0. The van der Waals surface area contributed by atoms with E-state index in [2.05, 4.69) is 13.2 Å². The first-order valence-corrected chi connectivity index (χ1v) is 5.04. The highest BCUT2D eigenvalue weighted by Gasteiger charge is 2.65. The van der Waals surface area contributed by atoms with Crippen molar-refractivity contribution in [1.82, 2.24) is 0 Å². The summed E-state index contributed by atoms with van der Waals surface area (Å²) in [5.41, 5.74) is 0.239. The van der Waals surface area contributed by atoms with Crippen molar-refractivity contribution in [3.8, 4) is 0 Å². The molecule has 0 aromatic heterocycles. The number of hydrogen-bond acceptors (Lipinski definition) is 0. The van der Waals surface area contributed by atoms with Crippen LogP contribution in [0.3, 0.4) is 0 Å². The zero-order chi connectivity index (χ0) is 11.0. The molecule has 0 aliphatic heterocycles. The molecule has 0 aromatic carbocycles. The van der Waals surface area contributed by atoms with Gasteiger partial charge >= 0.3 is 10.2 Å². The summed E-state index contributed by atoms with van der Waals surface area (Å²) in [5, 5.41) is 0. The molecule has 0 bridgehead atoms. The summed E-state index contributed by atoms with van der Waals surface area (Å²) < 4.78 is 59.4. The van der Waals surface area contributed by atoms with Crippen LogP contribution in [0.15, 0.2) is 35.8 Å². The van der Waals surface area contributed by atoms with Crippen molar-refractivity contribution in [2.45, 2.75) is 6.92 Å². The molecule has 0 amide bonds. The molecule has 0 aliphatic rings. The van der Waals surface area contributed by atoms with Crippen molar-refractivity contribution in [2.75, 3.05) is 0 Å². The molecule has 0 heterocycles. The van der Waals surface area contributed by atoms with E-state index in [9.17, 15) is 19.4 Å². The lowest BCUT2D eigenvalue weighted by molar-refractivity contribution is 0.380. The summed E-state index contributed by atoms with van der Waals surface area (Å²) in [4.78, 5) is -2.11. The first kappa shape index (κ1) is 12.2. The number of rotatable bonds is 3. The molecule has 0 saturated carbocycles. The van der Waals surface area contributed by atoms with Gasteiger partial charge in [-0.05, 0) is 13.0 Å². The lowest BCUT2D eigenvalue weighted by Gasteiger charge is -2.40. The molecule has 6 heteroatoms. The lowest BCUT2D eigenvalue weighted by atomic mass is 10.3. The van der Waals surface area contributed by atoms with Gasteiger partial charge in [0.25, 0.3) is 0 Å². The van der Waals surface area contributed by atoms with Crippen LogP contribution in [0.5, 0.6) is 0 Å². The molecule has 0 rings (SSSR count). The smallest absolute Gasteiger partial charge is 0.0961 e. The minimum Gasteiger partial charge on any atom is -0.0961 e. The maximum atomic E-state index is 11.9. The highest BCUT2D eigenvalue weighted by atomic mass is 32.5. The van der Waals surface area contributed by atoms with Crippen LogP contribution in [0, 0.1) is 0 Å². The van der Waals surface area contributed by atoms with Gasteiger partial charge in [0.1, 0.15) is 0 Å². The Bertz CT molecular complexity index is 280. The van der Waals surface area contributed by atoms with Crippen molar-refractivity contribution in [3.63, 3.8) is 0 Å². The van der Waals surface area contributed by atoms with E-state index in [-0.39, 0.29) is 11.6 Å². The van der Waals surface area contributed by atoms with E-state index < -0.39 is 15.1 Å². The van der Waals surface area contributed by atoms with Crippen LogP contribution in [0.25, 0.3) is 0 Å². The van der Waals surface area contributed by atoms with Crippen LogP contribution in [-0.4, -0.2) is 0 Å². The second-order valence-electron chi connectivity index (χ2n) is 2.61. The van der Waals surface area contributed by atoms with Crippen molar-refractivity contribution in [3.05, 3.63) is 35.8 Å². The van der Waals surface area contributed by atoms with E-state index in [1.54, 1.807) is 0 Å². The highest BCUT2D eigenvalue weighted by molar-refractivity contribution is 8.48. The van der Waals surface area contributed by atoms with Crippen LogP contribution in [0.1, 0.15) is 6.92 Å². The summed E-state index contributed by atoms with van der Waals surface area (Å²) in [5.74, 6) is 0. The van der Waals surface area contributed by atoms with E-state index >= 15 is 0 Å². The summed E-state index contributed by atoms with van der Waals surface area (Å²) >= 11 is 0. The van der Waals surface area contributed by atoms with Crippen LogP contribution in [0.2, 0.25) is 0 Å². The predicted molar refractivity (Wildman–Crippen MR) is 46.2 cm³/mol. The Hall–Kier alpha value is -0.780. The van der Waals surface area contributed by atoms with E-state index in [4.69, 9.17) is 0 Å². The fraction of sp³-hybridized carbons (Fsp3) is 0.143. The molecule has 0 atom stereocenters. The molecule has 0 unspecified atom stereocenters. The van der Waals surface area contributed by atoms with Crippen LogP contribution >= 0.6 is 10.2 Å². The average molecular weight is 220 g/mol. The molecule has 0 saturated heterocycles. The molecular formula is C7H9F5S. The van der Waals surface area contributed by atoms with Gasteiger partial charge in [0.15, 0.2) is 0 Å². The number of halogens is 5. The molecule has 0 aliphatic carbocycles. The van der Waals surface area contributed by atoms with Crippen LogP contribution in [0.4, 0.5) is 19.4 Å². The van der Waals surface area contributed by atoms with E-state index in [0.717, 1.165) is 6.08 Å². The predicted octanol–water partition coefficient (Wildman–Crippen LogP) is 4.93. The minimum absolute atomic E-state index is 0.226. The van der Waals surface area contributed by atoms with E-state index in [0.29, 0.717) is 0 Å². The molecule has 0 fully saturated rings. The van der Waals surface area contributed by atoms with Crippen molar-refractivity contribution >= 4 is 10.2 Å². The molecule has 0 spiro atoms. The van der Waals surface area contributed by atoms with Gasteiger partial charge in [-0.25, -0.2) is 0 Å². The molecule has 13 heavy (non-hydrogen) atoms. The topological polar surface area (TPSA) is 0 Å². The molecule has 0 aromatic rings. The Labute approximate surface area is 73.2 Å². The van der Waals surface area contributed by atoms with Crippen molar-refractivity contribution in [1.29, 1.82) is 0 Å². The Morgan fingerprint density at radius 2 is 1.38 bits per heavy atom. The summed E-state index contributed by atoms with van der Waals surface area (Å²) in [6.45, 7) is 6.90. The van der Waals surface area contributed by atoms with Gasteiger partial charge in [0.2, 0.25) is 0 Å². The monoisotopic (exact) mass is 220 g/mol. The van der Waals surface area contributed by atoms with Gasteiger partial charge in [-0.15, -0.1) is 0 Å². The van der Waals surface area contributed by atoms with Gasteiger partial charge in [0, 0.05) is 0 Å². The third-order valence-corrected chi connectivity index (χ3v) is 2.18. The molecule has 0 N–H and O–H groups in total. The van der Waals surface area contributed by atoms with Gasteiger partial charge in [0.05, 0.1) is 4.91 Å². The van der Waals surface area contributed by atoms with Crippen LogP contribution in [-0.2, 0) is 0 Å². The first-order chi connectivity index (χ1) is 5.33. The Morgan fingerprint density at radius 1 is 1.00 bits per heavy atom. The average Bonchev–Trinajstić information content (AvgIpc) is 1.76. The SMILES string of the molecule is C=C(C)/C=C\C(=C)S(F)(F)(F)(F)F. The zero-order valence-electron chi connectivity index (χ0n) is 6.87. The van der Waals surface area contributed by atoms with Gasteiger partial charge in [-0.2, -0.15) is 0 Å². The Morgan fingerprint density at radius 3 is 1.62 bits per heavy atom. The third kappa shape index (κ3) is 4.72. The second kappa shape index (κ2) is 2.37. The number of allylic oxidation sites excluding steroid dienone is 3.